The van der Waals surface area contributed by atoms with Crippen LogP contribution < -0.4 is 0 Å². The topological polar surface area (TPSA) is 34.1 Å². The van der Waals surface area contributed by atoms with E-state index in [9.17, 15) is 17.2 Å². The molecule has 0 unspecified atom stereocenters. The molecule has 1 fully saturated rings. The highest BCUT2D eigenvalue weighted by atomic mass is 35.5. The summed E-state index contributed by atoms with van der Waals surface area (Å²) in [7, 11) is -3.91. The molecule has 24 heavy (non-hydrogen) atoms. The second-order valence-electron chi connectivity index (χ2n) is 5.69. The molecule has 0 atom stereocenters. The molecule has 0 aromatic heterocycles. The predicted molar refractivity (Wildman–Crippen MR) is 93.2 cm³/mol. The monoisotopic (exact) mass is 388 g/mol. The summed E-state index contributed by atoms with van der Waals surface area (Å²) in [5.74, 6) is -0.193. The van der Waals surface area contributed by atoms with Crippen molar-refractivity contribution in [3.8, 4) is 0 Å². The summed E-state index contributed by atoms with van der Waals surface area (Å²) < 4.78 is 53.4. The van der Waals surface area contributed by atoms with E-state index in [4.69, 9.17) is 11.6 Å². The lowest BCUT2D eigenvalue weighted by molar-refractivity contribution is 0.465. The minimum Gasteiger partial charge on any atom is -0.223 e. The van der Waals surface area contributed by atoms with Gasteiger partial charge in [0.05, 0.1) is 4.90 Å². The molecule has 0 spiro atoms. The minimum absolute atomic E-state index is 0.0717. The summed E-state index contributed by atoms with van der Waals surface area (Å²) in [5.41, 5.74) is -0.0854. The van der Waals surface area contributed by atoms with Gasteiger partial charge in [-0.2, -0.15) is 11.8 Å². The highest BCUT2D eigenvalue weighted by Crippen LogP contribution is 2.47. The Kier molecular flexibility index (Phi) is 4.91. The van der Waals surface area contributed by atoms with E-state index in [1.807, 2.05) is 0 Å². The first kappa shape index (κ1) is 17.7. The van der Waals surface area contributed by atoms with Crippen LogP contribution in [0.5, 0.6) is 0 Å². The molecule has 0 radical (unpaired) electrons. The average molecular weight is 389 g/mol. The average Bonchev–Trinajstić information content (AvgIpc) is 2.58. The predicted octanol–water partition coefficient (Wildman–Crippen LogP) is 4.81. The van der Waals surface area contributed by atoms with E-state index in [1.54, 1.807) is 11.8 Å². The Hall–Kier alpha value is -1.11. The molecule has 2 aromatic carbocycles. The maximum absolute atomic E-state index is 14.5. The van der Waals surface area contributed by atoms with Crippen LogP contribution in [0.3, 0.4) is 0 Å². The molecule has 1 aliphatic rings. The van der Waals surface area contributed by atoms with Gasteiger partial charge in [-0.25, -0.2) is 17.2 Å². The zero-order chi connectivity index (χ0) is 17.4. The van der Waals surface area contributed by atoms with Crippen LogP contribution in [0.25, 0.3) is 0 Å². The molecule has 0 bridgehead atoms. The van der Waals surface area contributed by atoms with Gasteiger partial charge in [-0.3, -0.25) is 0 Å². The van der Waals surface area contributed by atoms with E-state index in [0.29, 0.717) is 16.5 Å². The van der Waals surface area contributed by atoms with Crippen molar-refractivity contribution in [3.63, 3.8) is 0 Å². The van der Waals surface area contributed by atoms with Crippen molar-refractivity contribution in [2.75, 3.05) is 11.5 Å². The number of thioether (sulfide) groups is 1. The van der Waals surface area contributed by atoms with E-state index >= 15 is 0 Å². The van der Waals surface area contributed by atoms with E-state index in [0.717, 1.165) is 18.2 Å². The zero-order valence-electron chi connectivity index (χ0n) is 12.6. The van der Waals surface area contributed by atoms with Gasteiger partial charge >= 0.3 is 0 Å². The fraction of sp³-hybridized carbons (Fsp3) is 0.294. The summed E-state index contributed by atoms with van der Waals surface area (Å²) in [5, 5.41) is 0.416. The van der Waals surface area contributed by atoms with Crippen LogP contribution in [0.15, 0.2) is 47.4 Å². The Balaban J connectivity index is 2.22. The van der Waals surface area contributed by atoms with Gasteiger partial charge in [0, 0.05) is 10.6 Å². The quantitative estimate of drug-likeness (QED) is 0.756. The number of benzene rings is 2. The highest BCUT2D eigenvalue weighted by Gasteiger charge is 2.48. The molecular weight excluding hydrogens is 374 g/mol. The summed E-state index contributed by atoms with van der Waals surface area (Å²) in [6.45, 7) is 0. The van der Waals surface area contributed by atoms with E-state index in [-0.39, 0.29) is 23.3 Å². The molecule has 1 saturated heterocycles. The Morgan fingerprint density at radius 1 is 1.00 bits per heavy atom. The van der Waals surface area contributed by atoms with Crippen LogP contribution >= 0.6 is 23.4 Å². The van der Waals surface area contributed by atoms with Crippen molar-refractivity contribution >= 4 is 33.2 Å². The molecule has 1 heterocycles. The number of hydrogen-bond acceptors (Lipinski definition) is 3. The summed E-state index contributed by atoms with van der Waals surface area (Å²) in [6.07, 6.45) is 0.478. The van der Waals surface area contributed by atoms with Gasteiger partial charge in [0.15, 0.2) is 9.84 Å². The minimum atomic E-state index is -3.91. The standard InChI is InChI=1S/C17H15ClF2O2S2/c18-12-1-4-14(5-2-12)24(21,22)17(7-9-23-10-8-17)15-11-13(19)3-6-16(15)20/h1-6,11H,7-10H2. The Morgan fingerprint density at radius 2 is 1.62 bits per heavy atom. The first-order valence-electron chi connectivity index (χ1n) is 7.40. The number of rotatable bonds is 3. The van der Waals surface area contributed by atoms with Crippen molar-refractivity contribution in [1.82, 2.24) is 0 Å². The number of hydrogen-bond donors (Lipinski definition) is 0. The van der Waals surface area contributed by atoms with Crippen molar-refractivity contribution in [1.29, 1.82) is 0 Å². The lowest BCUT2D eigenvalue weighted by atomic mass is 9.91. The highest BCUT2D eigenvalue weighted by molar-refractivity contribution is 7.99. The Morgan fingerprint density at radius 3 is 2.25 bits per heavy atom. The molecule has 2 aromatic rings. The van der Waals surface area contributed by atoms with Crippen LogP contribution in [-0.4, -0.2) is 19.9 Å². The third-order valence-electron chi connectivity index (χ3n) is 4.36. The van der Waals surface area contributed by atoms with Crippen LogP contribution in [-0.2, 0) is 14.6 Å². The van der Waals surface area contributed by atoms with Gasteiger partial charge in [0.25, 0.3) is 0 Å². The van der Waals surface area contributed by atoms with Crippen molar-refractivity contribution in [2.45, 2.75) is 22.5 Å². The van der Waals surface area contributed by atoms with Crippen LogP contribution in [0, 0.1) is 11.6 Å². The van der Waals surface area contributed by atoms with Gasteiger partial charge in [-0.15, -0.1) is 0 Å². The summed E-state index contributed by atoms with van der Waals surface area (Å²) in [4.78, 5) is 0.0717. The summed E-state index contributed by atoms with van der Waals surface area (Å²) >= 11 is 7.45. The van der Waals surface area contributed by atoms with Gasteiger partial charge < -0.3 is 0 Å². The second-order valence-corrected chi connectivity index (χ2v) is 9.61. The van der Waals surface area contributed by atoms with Gasteiger partial charge in [0.1, 0.15) is 16.4 Å². The van der Waals surface area contributed by atoms with Gasteiger partial charge in [0.2, 0.25) is 0 Å². The number of halogens is 3. The molecule has 0 aliphatic carbocycles. The first-order valence-corrected chi connectivity index (χ1v) is 10.4. The molecule has 128 valence electrons. The number of sulfone groups is 1. The van der Waals surface area contributed by atoms with Crippen molar-refractivity contribution < 1.29 is 17.2 Å². The summed E-state index contributed by atoms with van der Waals surface area (Å²) in [6, 6.07) is 8.81. The zero-order valence-corrected chi connectivity index (χ0v) is 15.0. The van der Waals surface area contributed by atoms with Gasteiger partial charge in [-0.05, 0) is 66.8 Å². The van der Waals surface area contributed by atoms with Crippen molar-refractivity contribution in [3.05, 3.63) is 64.7 Å². The lowest BCUT2D eigenvalue weighted by Crippen LogP contribution is -2.40. The van der Waals surface area contributed by atoms with Crippen LogP contribution in [0.2, 0.25) is 5.02 Å². The van der Waals surface area contributed by atoms with E-state index < -0.39 is 26.2 Å². The Labute approximate surface area is 149 Å². The molecule has 2 nitrogen and oxygen atoms in total. The lowest BCUT2D eigenvalue weighted by Gasteiger charge is -2.37. The maximum Gasteiger partial charge on any atom is 0.188 e. The van der Waals surface area contributed by atoms with Crippen LogP contribution in [0.4, 0.5) is 8.78 Å². The molecule has 7 heteroatoms. The fourth-order valence-corrected chi connectivity index (χ4v) is 6.78. The second kappa shape index (κ2) is 6.65. The molecule has 0 saturated carbocycles. The van der Waals surface area contributed by atoms with E-state index in [1.165, 1.54) is 24.3 Å². The molecule has 0 amide bonds. The third kappa shape index (κ3) is 2.95. The Bertz CT molecular complexity index is 845. The fourth-order valence-electron chi connectivity index (χ4n) is 3.07. The SMILES string of the molecule is O=S(=O)(c1ccc(Cl)cc1)C1(c2cc(F)ccc2F)CCSCC1. The first-order chi connectivity index (χ1) is 11.4. The molecule has 3 rings (SSSR count). The van der Waals surface area contributed by atoms with Gasteiger partial charge in [-0.1, -0.05) is 11.6 Å². The normalized spacial score (nSPS) is 17.6. The smallest absolute Gasteiger partial charge is 0.188 e. The third-order valence-corrected chi connectivity index (χ3v) is 8.15. The van der Waals surface area contributed by atoms with E-state index in [2.05, 4.69) is 0 Å². The molecular formula is C17H15ClF2O2S2. The van der Waals surface area contributed by atoms with Crippen LogP contribution in [0.1, 0.15) is 18.4 Å². The maximum atomic E-state index is 14.5. The van der Waals surface area contributed by atoms with Crippen molar-refractivity contribution in [2.24, 2.45) is 0 Å². The largest absolute Gasteiger partial charge is 0.223 e. The molecule has 0 N–H and O–H groups in total. The molecule has 1 aliphatic heterocycles.